The standard InChI is InChI=1S/C19H18N2O3S/c1-23-17(22)11-12-7-8-15-14(10-12)21-19(24-15)25-16-6-2-4-13-5-3-9-20-18(13)16/h3,5,7-10,16H,2,4,6,11H2,1H3. The fourth-order valence-electron chi connectivity index (χ4n) is 3.15. The predicted molar refractivity (Wildman–Crippen MR) is 95.5 cm³/mol. The van der Waals surface area contributed by atoms with E-state index in [1.807, 2.05) is 30.5 Å². The van der Waals surface area contributed by atoms with Crippen molar-refractivity contribution in [2.45, 2.75) is 36.2 Å². The molecule has 2 heterocycles. The molecular formula is C19H18N2O3S. The molecule has 2 aromatic heterocycles. The second-order valence-corrected chi connectivity index (χ2v) is 7.24. The topological polar surface area (TPSA) is 65.2 Å². The number of pyridine rings is 1. The van der Waals surface area contributed by atoms with Gasteiger partial charge in [0.15, 0.2) is 5.58 Å². The number of rotatable bonds is 4. The fraction of sp³-hybridized carbons (Fsp3) is 0.316. The Hall–Kier alpha value is -2.34. The maximum atomic E-state index is 11.4. The van der Waals surface area contributed by atoms with Gasteiger partial charge in [0.2, 0.25) is 0 Å². The van der Waals surface area contributed by atoms with Crippen molar-refractivity contribution >= 4 is 28.8 Å². The Bertz CT molecular complexity index is 922. The molecule has 0 saturated heterocycles. The van der Waals surface area contributed by atoms with Crippen molar-refractivity contribution in [2.75, 3.05) is 7.11 Å². The van der Waals surface area contributed by atoms with Gasteiger partial charge in [0.05, 0.1) is 24.5 Å². The summed E-state index contributed by atoms with van der Waals surface area (Å²) in [5.41, 5.74) is 4.83. The summed E-state index contributed by atoms with van der Waals surface area (Å²) < 4.78 is 10.6. The molecule has 6 heteroatoms. The molecule has 3 aromatic rings. The Morgan fingerprint density at radius 3 is 3.20 bits per heavy atom. The van der Waals surface area contributed by atoms with Gasteiger partial charge >= 0.3 is 5.97 Å². The van der Waals surface area contributed by atoms with E-state index in [1.165, 1.54) is 12.7 Å². The first-order valence-electron chi connectivity index (χ1n) is 8.29. The summed E-state index contributed by atoms with van der Waals surface area (Å²) in [6.07, 6.45) is 5.40. The number of thioether (sulfide) groups is 1. The van der Waals surface area contributed by atoms with Crippen molar-refractivity contribution in [3.63, 3.8) is 0 Å². The Morgan fingerprint density at radius 2 is 2.32 bits per heavy atom. The molecule has 4 rings (SSSR count). The van der Waals surface area contributed by atoms with Crippen LogP contribution in [-0.2, 0) is 22.4 Å². The number of oxazole rings is 1. The minimum atomic E-state index is -0.262. The summed E-state index contributed by atoms with van der Waals surface area (Å²) >= 11 is 1.63. The zero-order valence-electron chi connectivity index (χ0n) is 13.9. The van der Waals surface area contributed by atoms with Crippen LogP contribution in [0.1, 0.15) is 34.9 Å². The van der Waals surface area contributed by atoms with E-state index in [0.29, 0.717) is 5.22 Å². The zero-order valence-corrected chi connectivity index (χ0v) is 14.7. The Kier molecular flexibility index (Phi) is 4.44. The van der Waals surface area contributed by atoms with Gasteiger partial charge in [-0.3, -0.25) is 9.78 Å². The molecule has 1 aliphatic carbocycles. The van der Waals surface area contributed by atoms with Crippen molar-refractivity contribution in [3.8, 4) is 0 Å². The van der Waals surface area contributed by atoms with Crippen molar-refractivity contribution in [3.05, 3.63) is 53.3 Å². The highest BCUT2D eigenvalue weighted by molar-refractivity contribution is 7.99. The minimum absolute atomic E-state index is 0.238. The highest BCUT2D eigenvalue weighted by atomic mass is 32.2. The Labute approximate surface area is 149 Å². The van der Waals surface area contributed by atoms with Crippen molar-refractivity contribution in [1.82, 2.24) is 9.97 Å². The molecule has 0 bridgehead atoms. The quantitative estimate of drug-likeness (QED) is 0.657. The van der Waals surface area contributed by atoms with Crippen LogP contribution < -0.4 is 0 Å². The monoisotopic (exact) mass is 354 g/mol. The molecule has 25 heavy (non-hydrogen) atoms. The van der Waals surface area contributed by atoms with Crippen LogP contribution >= 0.6 is 11.8 Å². The average molecular weight is 354 g/mol. The summed E-state index contributed by atoms with van der Waals surface area (Å²) in [5, 5.41) is 0.918. The lowest BCUT2D eigenvalue weighted by molar-refractivity contribution is -0.139. The SMILES string of the molecule is COC(=O)Cc1ccc2oc(SC3CCCc4cccnc43)nc2c1. The lowest BCUT2D eigenvalue weighted by Gasteiger charge is -2.22. The molecule has 5 nitrogen and oxygen atoms in total. The molecule has 1 aliphatic rings. The van der Waals surface area contributed by atoms with Gasteiger partial charge in [0.1, 0.15) is 5.52 Å². The lowest BCUT2D eigenvalue weighted by atomic mass is 9.96. The highest BCUT2D eigenvalue weighted by Crippen LogP contribution is 2.42. The molecule has 0 saturated carbocycles. The summed E-state index contributed by atoms with van der Waals surface area (Å²) in [5.74, 6) is -0.262. The largest absolute Gasteiger partial charge is 0.469 e. The summed E-state index contributed by atoms with van der Waals surface area (Å²) in [4.78, 5) is 20.6. The van der Waals surface area contributed by atoms with E-state index >= 15 is 0 Å². The predicted octanol–water partition coefficient (Wildman–Crippen LogP) is 4.11. The second-order valence-electron chi connectivity index (χ2n) is 6.08. The number of hydrogen-bond donors (Lipinski definition) is 0. The molecule has 0 fully saturated rings. The molecule has 0 aliphatic heterocycles. The van der Waals surface area contributed by atoms with Crippen molar-refractivity contribution in [1.29, 1.82) is 0 Å². The van der Waals surface area contributed by atoms with Crippen molar-refractivity contribution in [2.24, 2.45) is 0 Å². The molecule has 1 atom stereocenters. The smallest absolute Gasteiger partial charge is 0.309 e. The zero-order chi connectivity index (χ0) is 17.2. The maximum Gasteiger partial charge on any atom is 0.309 e. The van der Waals surface area contributed by atoms with Gasteiger partial charge in [-0.1, -0.05) is 23.9 Å². The third kappa shape index (κ3) is 3.39. The summed E-state index contributed by atoms with van der Waals surface area (Å²) in [7, 11) is 1.39. The lowest BCUT2D eigenvalue weighted by Crippen LogP contribution is -2.09. The number of hydrogen-bond acceptors (Lipinski definition) is 6. The number of aromatic nitrogens is 2. The van der Waals surface area contributed by atoms with E-state index < -0.39 is 0 Å². The number of aryl methyl sites for hydroxylation is 1. The third-order valence-electron chi connectivity index (χ3n) is 4.40. The molecule has 0 N–H and O–H groups in total. The van der Waals surface area contributed by atoms with Gasteiger partial charge < -0.3 is 9.15 Å². The van der Waals surface area contributed by atoms with Gasteiger partial charge in [0, 0.05) is 6.20 Å². The normalized spacial score (nSPS) is 16.6. The third-order valence-corrected chi connectivity index (χ3v) is 5.51. The van der Waals surface area contributed by atoms with Crippen LogP contribution in [0.4, 0.5) is 0 Å². The molecule has 0 radical (unpaired) electrons. The van der Waals surface area contributed by atoms with Crippen LogP contribution in [0, 0.1) is 0 Å². The second kappa shape index (κ2) is 6.88. The van der Waals surface area contributed by atoms with Crippen LogP contribution in [0.25, 0.3) is 11.1 Å². The van der Waals surface area contributed by atoms with Crippen LogP contribution in [0.5, 0.6) is 0 Å². The maximum absolute atomic E-state index is 11.4. The van der Waals surface area contributed by atoms with Crippen molar-refractivity contribution < 1.29 is 13.9 Å². The van der Waals surface area contributed by atoms with E-state index in [-0.39, 0.29) is 17.6 Å². The number of methoxy groups -OCH3 is 1. The number of benzene rings is 1. The minimum Gasteiger partial charge on any atom is -0.469 e. The molecule has 1 unspecified atom stereocenters. The van der Waals surface area contributed by atoms with E-state index in [9.17, 15) is 4.79 Å². The molecular weight excluding hydrogens is 336 g/mol. The Balaban J connectivity index is 1.57. The van der Waals surface area contributed by atoms with E-state index in [1.54, 1.807) is 11.8 Å². The number of nitrogens with zero attached hydrogens (tertiary/aromatic N) is 2. The van der Waals surface area contributed by atoms with Gasteiger partial charge in [0.25, 0.3) is 5.22 Å². The first kappa shape index (κ1) is 16.1. The summed E-state index contributed by atoms with van der Waals surface area (Å²) in [6.45, 7) is 0. The number of ether oxygens (including phenoxy) is 1. The first-order valence-corrected chi connectivity index (χ1v) is 9.17. The molecule has 128 valence electrons. The Morgan fingerprint density at radius 1 is 1.40 bits per heavy atom. The number of carbonyl (C=O) groups excluding carboxylic acids is 1. The molecule has 1 aromatic carbocycles. The van der Waals surface area contributed by atoms with Gasteiger partial charge in [-0.25, -0.2) is 4.98 Å². The highest BCUT2D eigenvalue weighted by Gasteiger charge is 2.24. The number of esters is 1. The van der Waals surface area contributed by atoms with Gasteiger partial charge in [-0.2, -0.15) is 0 Å². The van der Waals surface area contributed by atoms with Crippen LogP contribution in [0.2, 0.25) is 0 Å². The number of fused-ring (bicyclic) bond motifs is 2. The fourth-order valence-corrected chi connectivity index (χ4v) is 4.29. The first-order chi connectivity index (χ1) is 12.2. The van der Waals surface area contributed by atoms with E-state index in [0.717, 1.165) is 41.6 Å². The van der Waals surface area contributed by atoms with E-state index in [4.69, 9.17) is 9.15 Å². The molecule has 0 spiro atoms. The van der Waals surface area contributed by atoms with Gasteiger partial charge in [-0.15, -0.1) is 0 Å². The van der Waals surface area contributed by atoms with Crippen LogP contribution in [0.15, 0.2) is 46.2 Å². The average Bonchev–Trinajstić information content (AvgIpc) is 3.03. The molecule has 0 amide bonds. The summed E-state index contributed by atoms with van der Waals surface area (Å²) in [6, 6.07) is 9.76. The van der Waals surface area contributed by atoms with E-state index in [2.05, 4.69) is 16.0 Å². The van der Waals surface area contributed by atoms with Gasteiger partial charge in [-0.05, 0) is 48.6 Å². The number of carbonyl (C=O) groups is 1. The van der Waals surface area contributed by atoms with Crippen LogP contribution in [0.3, 0.4) is 0 Å². The van der Waals surface area contributed by atoms with Crippen LogP contribution in [-0.4, -0.2) is 23.0 Å².